The summed E-state index contributed by atoms with van der Waals surface area (Å²) in [5.41, 5.74) is 3.18. The van der Waals surface area contributed by atoms with E-state index in [4.69, 9.17) is 4.74 Å². The molecule has 4 aromatic rings. The minimum Gasteiger partial charge on any atom is -0.489 e. The average Bonchev–Trinajstić information content (AvgIpc) is 3.19. The molecule has 0 unspecified atom stereocenters. The molecule has 2 aromatic heterocycles. The SMILES string of the molecule is CCc1[nH]c2ccc(F)c[n+]2c1C(=O)NCc1ccc(OCc2ccc(OC(F)(F)F)cc2)cc1. The van der Waals surface area contributed by atoms with Gasteiger partial charge in [0.05, 0.1) is 0 Å². The second kappa shape index (κ2) is 10.0. The molecular weight excluding hydrogens is 466 g/mol. The number of halogens is 4. The van der Waals surface area contributed by atoms with Crippen LogP contribution < -0.4 is 19.2 Å². The van der Waals surface area contributed by atoms with Crippen LogP contribution >= 0.6 is 0 Å². The molecule has 0 radical (unpaired) electrons. The van der Waals surface area contributed by atoms with Gasteiger partial charge in [0.15, 0.2) is 11.5 Å². The first-order chi connectivity index (χ1) is 16.7. The van der Waals surface area contributed by atoms with E-state index in [2.05, 4.69) is 15.0 Å². The van der Waals surface area contributed by atoms with Gasteiger partial charge in [0.25, 0.3) is 11.6 Å². The van der Waals surface area contributed by atoms with Crippen molar-refractivity contribution in [2.45, 2.75) is 32.9 Å². The fraction of sp³-hybridized carbons (Fsp3) is 0.200. The maximum Gasteiger partial charge on any atom is 0.573 e. The number of rotatable bonds is 8. The minimum atomic E-state index is -4.73. The van der Waals surface area contributed by atoms with E-state index in [9.17, 15) is 22.4 Å². The Morgan fingerprint density at radius 2 is 1.63 bits per heavy atom. The van der Waals surface area contributed by atoms with Gasteiger partial charge in [-0.1, -0.05) is 31.2 Å². The predicted octanol–water partition coefficient (Wildman–Crippen LogP) is 4.86. The number of nitrogens with zero attached hydrogens (tertiary/aromatic N) is 1. The molecule has 0 atom stereocenters. The summed E-state index contributed by atoms with van der Waals surface area (Å²) in [6.45, 7) is 2.32. The smallest absolute Gasteiger partial charge is 0.489 e. The molecule has 0 aliphatic heterocycles. The quantitative estimate of drug-likeness (QED) is 0.275. The van der Waals surface area contributed by atoms with E-state index in [0.717, 1.165) is 5.56 Å². The molecule has 4 rings (SSSR count). The summed E-state index contributed by atoms with van der Waals surface area (Å²) in [6, 6.07) is 15.4. The van der Waals surface area contributed by atoms with Crippen LogP contribution in [0, 0.1) is 5.82 Å². The Morgan fingerprint density at radius 1 is 0.971 bits per heavy atom. The zero-order chi connectivity index (χ0) is 25.0. The number of aryl methyl sites for hydroxylation is 1. The summed E-state index contributed by atoms with van der Waals surface area (Å²) >= 11 is 0. The molecule has 2 heterocycles. The van der Waals surface area contributed by atoms with Gasteiger partial charge < -0.3 is 14.8 Å². The average molecular weight is 488 g/mol. The highest BCUT2D eigenvalue weighted by molar-refractivity contribution is 5.92. The van der Waals surface area contributed by atoms with Crippen molar-refractivity contribution < 1.29 is 36.2 Å². The molecule has 2 N–H and O–H groups in total. The topological polar surface area (TPSA) is 67.5 Å². The number of amides is 1. The fourth-order valence-corrected chi connectivity index (χ4v) is 3.55. The van der Waals surface area contributed by atoms with E-state index in [1.807, 2.05) is 6.92 Å². The molecule has 10 heteroatoms. The molecule has 0 bridgehead atoms. The monoisotopic (exact) mass is 488 g/mol. The van der Waals surface area contributed by atoms with E-state index in [1.54, 1.807) is 30.3 Å². The minimum absolute atomic E-state index is 0.163. The lowest BCUT2D eigenvalue weighted by atomic mass is 10.2. The van der Waals surface area contributed by atoms with Crippen LogP contribution in [0.4, 0.5) is 17.6 Å². The largest absolute Gasteiger partial charge is 0.573 e. The summed E-state index contributed by atoms with van der Waals surface area (Å²) in [4.78, 5) is 16.0. The van der Waals surface area contributed by atoms with E-state index in [0.29, 0.717) is 34.8 Å². The Balaban J connectivity index is 1.33. The van der Waals surface area contributed by atoms with E-state index in [1.165, 1.54) is 40.9 Å². The van der Waals surface area contributed by atoms with Crippen LogP contribution in [-0.2, 0) is 19.6 Å². The first kappa shape index (κ1) is 24.1. The Bertz CT molecular complexity index is 1320. The van der Waals surface area contributed by atoms with Crippen molar-refractivity contribution in [1.82, 2.24) is 10.3 Å². The Kier molecular flexibility index (Phi) is 6.90. The second-order valence-corrected chi connectivity index (χ2v) is 7.72. The molecule has 0 spiro atoms. The number of aromatic amines is 1. The summed E-state index contributed by atoms with van der Waals surface area (Å²) in [5.74, 6) is -0.511. The third-order valence-corrected chi connectivity index (χ3v) is 5.23. The number of hydrogen-bond acceptors (Lipinski definition) is 3. The lowest BCUT2D eigenvalue weighted by Gasteiger charge is -2.10. The maximum absolute atomic E-state index is 13.7. The fourth-order valence-electron chi connectivity index (χ4n) is 3.55. The molecule has 182 valence electrons. The van der Waals surface area contributed by atoms with Gasteiger partial charge in [-0.05, 0) is 41.5 Å². The molecule has 2 aromatic carbocycles. The molecule has 35 heavy (non-hydrogen) atoms. The zero-order valence-corrected chi connectivity index (χ0v) is 18.7. The maximum atomic E-state index is 13.7. The summed E-state index contributed by atoms with van der Waals surface area (Å²) in [5, 5.41) is 2.85. The van der Waals surface area contributed by atoms with Crippen molar-refractivity contribution in [2.75, 3.05) is 0 Å². The highest BCUT2D eigenvalue weighted by Crippen LogP contribution is 2.23. The Morgan fingerprint density at radius 3 is 2.29 bits per heavy atom. The molecule has 0 fully saturated rings. The number of fused-ring (bicyclic) bond motifs is 1. The molecule has 6 nitrogen and oxygen atoms in total. The number of imidazole rings is 1. The van der Waals surface area contributed by atoms with Gasteiger partial charge in [-0.15, -0.1) is 13.2 Å². The van der Waals surface area contributed by atoms with Crippen LogP contribution in [0.3, 0.4) is 0 Å². The number of nitrogens with one attached hydrogen (secondary N) is 2. The molecule has 1 amide bonds. The molecule has 0 aliphatic rings. The number of carbonyl (C=O) groups excluding carboxylic acids is 1. The van der Waals surface area contributed by atoms with Gasteiger partial charge in [0.2, 0.25) is 5.69 Å². The molecule has 0 aliphatic carbocycles. The van der Waals surface area contributed by atoms with Crippen molar-refractivity contribution >= 4 is 11.6 Å². The Labute approximate surface area is 198 Å². The Hall–Kier alpha value is -4.08. The highest BCUT2D eigenvalue weighted by atomic mass is 19.4. The van der Waals surface area contributed by atoms with Crippen molar-refractivity contribution in [3.05, 3.63) is 95.2 Å². The molecule has 0 saturated carbocycles. The molecular formula is C25H22F4N3O3+. The van der Waals surface area contributed by atoms with Gasteiger partial charge in [0, 0.05) is 19.0 Å². The normalized spacial score (nSPS) is 11.5. The van der Waals surface area contributed by atoms with Gasteiger partial charge in [-0.25, -0.2) is 9.37 Å². The standard InChI is InChI=1S/C25H21F4N3O3/c1-2-21-23(32-14-18(26)7-12-22(32)31-21)24(33)30-13-16-3-8-19(9-4-16)34-15-17-5-10-20(11-6-17)35-25(27,28)29/h3-12,14H,2,13,15H2,1H3,(H,30,33)/p+1. The van der Waals surface area contributed by atoms with Crippen molar-refractivity contribution in [3.63, 3.8) is 0 Å². The van der Waals surface area contributed by atoms with Crippen LogP contribution in [0.1, 0.15) is 34.2 Å². The number of hydrogen-bond donors (Lipinski definition) is 2. The van der Waals surface area contributed by atoms with Crippen LogP contribution in [0.15, 0.2) is 66.9 Å². The highest BCUT2D eigenvalue weighted by Gasteiger charge is 2.31. The van der Waals surface area contributed by atoms with Crippen LogP contribution in [-0.4, -0.2) is 17.3 Å². The zero-order valence-electron chi connectivity index (χ0n) is 18.7. The predicted molar refractivity (Wildman–Crippen MR) is 118 cm³/mol. The number of aromatic nitrogens is 2. The van der Waals surface area contributed by atoms with Crippen molar-refractivity contribution in [1.29, 1.82) is 0 Å². The number of ether oxygens (including phenoxy) is 2. The van der Waals surface area contributed by atoms with Crippen molar-refractivity contribution in [3.8, 4) is 11.5 Å². The first-order valence-electron chi connectivity index (χ1n) is 10.8. The van der Waals surface area contributed by atoms with E-state index < -0.39 is 12.2 Å². The lowest BCUT2D eigenvalue weighted by Crippen LogP contribution is -2.35. The van der Waals surface area contributed by atoms with E-state index >= 15 is 0 Å². The van der Waals surface area contributed by atoms with Gasteiger partial charge in [-0.2, -0.15) is 4.40 Å². The van der Waals surface area contributed by atoms with Crippen LogP contribution in [0.25, 0.3) is 5.65 Å². The summed E-state index contributed by atoms with van der Waals surface area (Å²) in [6.07, 6.45) is -2.89. The third-order valence-electron chi connectivity index (χ3n) is 5.23. The number of carbonyl (C=O) groups is 1. The second-order valence-electron chi connectivity index (χ2n) is 7.72. The van der Waals surface area contributed by atoms with Crippen molar-refractivity contribution in [2.24, 2.45) is 0 Å². The number of pyridine rings is 1. The van der Waals surface area contributed by atoms with Gasteiger partial charge >= 0.3 is 6.36 Å². The van der Waals surface area contributed by atoms with Gasteiger partial charge in [-0.3, -0.25) is 4.79 Å². The summed E-state index contributed by atoms with van der Waals surface area (Å²) < 4.78 is 61.4. The van der Waals surface area contributed by atoms with Crippen LogP contribution in [0.2, 0.25) is 0 Å². The molecule has 0 saturated heterocycles. The third kappa shape index (κ3) is 6.08. The van der Waals surface area contributed by atoms with E-state index in [-0.39, 0.29) is 24.8 Å². The van der Waals surface area contributed by atoms with Gasteiger partial charge in [0.1, 0.15) is 24.3 Å². The first-order valence-corrected chi connectivity index (χ1v) is 10.8. The lowest BCUT2D eigenvalue weighted by molar-refractivity contribution is -0.515. The number of benzene rings is 2. The number of alkyl halides is 3. The van der Waals surface area contributed by atoms with Crippen LogP contribution in [0.5, 0.6) is 11.5 Å². The number of H-pyrrole nitrogens is 1. The summed E-state index contributed by atoms with van der Waals surface area (Å²) in [7, 11) is 0.